The van der Waals surface area contributed by atoms with Crippen LogP contribution in [0.25, 0.3) is 0 Å². The monoisotopic (exact) mass is 285 g/mol. The normalized spacial score (nSPS) is 20.5. The van der Waals surface area contributed by atoms with Crippen molar-refractivity contribution in [3.63, 3.8) is 0 Å². The van der Waals surface area contributed by atoms with Gasteiger partial charge in [0.1, 0.15) is 6.04 Å². The van der Waals surface area contributed by atoms with Gasteiger partial charge in [0.15, 0.2) is 0 Å². The average Bonchev–Trinajstić information content (AvgIpc) is 2.75. The number of nitrogens with one attached hydrogen (secondary N) is 1. The molecule has 116 valence electrons. The number of likely N-dealkylation sites (tertiary alicyclic amines) is 1. The Morgan fingerprint density at radius 1 is 1.40 bits per heavy atom. The summed E-state index contributed by atoms with van der Waals surface area (Å²) < 4.78 is 0. The smallest absolute Gasteiger partial charge is 0.326 e. The summed E-state index contributed by atoms with van der Waals surface area (Å²) >= 11 is 0. The van der Waals surface area contributed by atoms with Crippen LogP contribution in [-0.2, 0) is 4.79 Å². The first-order valence-corrected chi connectivity index (χ1v) is 7.26. The molecule has 0 spiro atoms. The lowest BCUT2D eigenvalue weighted by atomic mass is 10.0. The first-order chi connectivity index (χ1) is 9.31. The van der Waals surface area contributed by atoms with Crippen LogP contribution in [0, 0.1) is 5.92 Å². The molecular formula is C14H27N3O3. The molecule has 1 rings (SSSR count). The van der Waals surface area contributed by atoms with E-state index < -0.39 is 12.0 Å². The lowest BCUT2D eigenvalue weighted by Crippen LogP contribution is -2.51. The number of hydrogen-bond acceptors (Lipinski definition) is 3. The Bertz CT molecular complexity index is 335. The molecule has 0 saturated carbocycles. The molecule has 0 bridgehead atoms. The highest BCUT2D eigenvalue weighted by atomic mass is 16.4. The quantitative estimate of drug-likeness (QED) is 0.769. The minimum absolute atomic E-state index is 0.0487. The van der Waals surface area contributed by atoms with E-state index in [4.69, 9.17) is 5.11 Å². The molecule has 2 N–H and O–H groups in total. The molecule has 2 atom stereocenters. The van der Waals surface area contributed by atoms with E-state index in [2.05, 4.69) is 19.2 Å². The molecule has 0 radical (unpaired) electrons. The maximum atomic E-state index is 12.3. The van der Waals surface area contributed by atoms with Gasteiger partial charge in [0.05, 0.1) is 0 Å². The Hall–Kier alpha value is -1.30. The zero-order valence-corrected chi connectivity index (χ0v) is 12.9. The molecule has 0 aromatic heterocycles. The van der Waals surface area contributed by atoms with Gasteiger partial charge in [0.2, 0.25) is 0 Å². The zero-order chi connectivity index (χ0) is 15.3. The summed E-state index contributed by atoms with van der Waals surface area (Å²) in [5.41, 5.74) is 0. The highest BCUT2D eigenvalue weighted by molar-refractivity contribution is 5.83. The number of carboxylic acid groups (broad SMARTS) is 1. The first kappa shape index (κ1) is 16.8. The van der Waals surface area contributed by atoms with Crippen LogP contribution in [0.4, 0.5) is 4.79 Å². The van der Waals surface area contributed by atoms with E-state index in [1.54, 1.807) is 0 Å². The highest BCUT2D eigenvalue weighted by Gasteiger charge is 2.34. The third-order valence-corrected chi connectivity index (χ3v) is 3.47. The molecular weight excluding hydrogens is 258 g/mol. The molecule has 6 heteroatoms. The highest BCUT2D eigenvalue weighted by Crippen LogP contribution is 2.18. The summed E-state index contributed by atoms with van der Waals surface area (Å²) in [7, 11) is 3.94. The van der Waals surface area contributed by atoms with Crippen LogP contribution in [-0.4, -0.2) is 66.2 Å². The Balaban J connectivity index is 2.62. The molecule has 20 heavy (non-hydrogen) atoms. The van der Waals surface area contributed by atoms with E-state index in [0.717, 1.165) is 19.4 Å². The Morgan fingerprint density at radius 3 is 2.55 bits per heavy atom. The van der Waals surface area contributed by atoms with Crippen LogP contribution in [0.1, 0.15) is 33.1 Å². The van der Waals surface area contributed by atoms with Crippen LogP contribution in [0.3, 0.4) is 0 Å². The lowest BCUT2D eigenvalue weighted by molar-refractivity contribution is -0.141. The summed E-state index contributed by atoms with van der Waals surface area (Å²) in [5.74, 6) is -0.431. The summed E-state index contributed by atoms with van der Waals surface area (Å²) in [6.45, 7) is 5.52. The number of amides is 2. The van der Waals surface area contributed by atoms with Crippen molar-refractivity contribution in [2.24, 2.45) is 5.92 Å². The molecule has 1 aliphatic rings. The number of hydrogen-bond donors (Lipinski definition) is 2. The molecule has 1 saturated heterocycles. The van der Waals surface area contributed by atoms with Gasteiger partial charge in [-0.2, -0.15) is 0 Å². The number of likely N-dealkylation sites (N-methyl/N-ethyl adjacent to an activating group) is 1. The van der Waals surface area contributed by atoms with Gasteiger partial charge in [-0.15, -0.1) is 0 Å². The van der Waals surface area contributed by atoms with E-state index in [0.29, 0.717) is 18.9 Å². The minimum Gasteiger partial charge on any atom is -0.480 e. The number of urea groups is 1. The van der Waals surface area contributed by atoms with E-state index in [9.17, 15) is 9.59 Å². The van der Waals surface area contributed by atoms with Gasteiger partial charge < -0.3 is 20.2 Å². The average molecular weight is 285 g/mol. The van der Waals surface area contributed by atoms with Crippen LogP contribution in [0.2, 0.25) is 0 Å². The number of carbonyl (C=O) groups excluding carboxylic acids is 1. The molecule has 6 nitrogen and oxygen atoms in total. The number of carbonyl (C=O) groups is 2. The van der Waals surface area contributed by atoms with Crippen molar-refractivity contribution in [1.82, 2.24) is 15.1 Å². The topological polar surface area (TPSA) is 72.9 Å². The first-order valence-electron chi connectivity index (χ1n) is 7.26. The lowest BCUT2D eigenvalue weighted by Gasteiger charge is -2.28. The van der Waals surface area contributed by atoms with Crippen LogP contribution in [0.15, 0.2) is 0 Å². The van der Waals surface area contributed by atoms with Crippen LogP contribution >= 0.6 is 0 Å². The maximum Gasteiger partial charge on any atom is 0.326 e. The van der Waals surface area contributed by atoms with E-state index in [1.165, 1.54) is 4.90 Å². The van der Waals surface area contributed by atoms with Crippen molar-refractivity contribution in [3.8, 4) is 0 Å². The fourth-order valence-electron chi connectivity index (χ4n) is 2.71. The van der Waals surface area contributed by atoms with E-state index in [-0.39, 0.29) is 12.1 Å². The minimum atomic E-state index is -0.911. The van der Waals surface area contributed by atoms with Gasteiger partial charge in [0, 0.05) is 19.1 Å². The van der Waals surface area contributed by atoms with E-state index in [1.807, 2.05) is 19.0 Å². The molecule has 0 aromatic rings. The second kappa shape index (κ2) is 7.47. The number of rotatable bonds is 6. The third-order valence-electron chi connectivity index (χ3n) is 3.47. The Labute approximate surface area is 121 Å². The fraction of sp³-hybridized carbons (Fsp3) is 0.857. The van der Waals surface area contributed by atoms with Gasteiger partial charge in [0.25, 0.3) is 0 Å². The Morgan fingerprint density at radius 2 is 2.05 bits per heavy atom. The van der Waals surface area contributed by atoms with Crippen molar-refractivity contribution in [3.05, 3.63) is 0 Å². The third kappa shape index (κ3) is 5.00. The summed E-state index contributed by atoms with van der Waals surface area (Å²) in [4.78, 5) is 26.9. The van der Waals surface area contributed by atoms with Crippen LogP contribution in [0.5, 0.6) is 0 Å². The number of carboxylic acids is 1. The van der Waals surface area contributed by atoms with Gasteiger partial charge in [-0.3, -0.25) is 0 Å². The van der Waals surface area contributed by atoms with Crippen molar-refractivity contribution in [2.75, 3.05) is 27.2 Å². The molecule has 0 aliphatic carbocycles. The zero-order valence-electron chi connectivity index (χ0n) is 12.9. The summed E-state index contributed by atoms with van der Waals surface area (Å²) in [5, 5.41) is 12.1. The molecule has 0 aromatic carbocycles. The standard InChI is InChI=1S/C14H27N3O3/c1-10(2)8-11(9-16(3)4)15-14(20)17-7-5-6-12(17)13(18)19/h10-12H,5-9H2,1-4H3,(H,15,20)(H,18,19)/t11?,12-/m1/s1. The maximum absolute atomic E-state index is 12.3. The number of nitrogens with zero attached hydrogens (tertiary/aromatic N) is 2. The second-order valence-electron chi connectivity index (χ2n) is 6.23. The number of aliphatic carboxylic acids is 1. The second-order valence-corrected chi connectivity index (χ2v) is 6.23. The largest absolute Gasteiger partial charge is 0.480 e. The van der Waals surface area contributed by atoms with Gasteiger partial charge in [-0.25, -0.2) is 9.59 Å². The summed E-state index contributed by atoms with van der Waals surface area (Å²) in [6, 6.07) is -0.871. The predicted molar refractivity (Wildman–Crippen MR) is 77.7 cm³/mol. The molecule has 1 fully saturated rings. The fourth-order valence-corrected chi connectivity index (χ4v) is 2.71. The Kier molecular flexibility index (Phi) is 6.26. The van der Waals surface area contributed by atoms with Crippen molar-refractivity contribution in [2.45, 2.75) is 45.2 Å². The molecule has 1 unspecified atom stereocenters. The molecule has 1 heterocycles. The van der Waals surface area contributed by atoms with Gasteiger partial charge in [-0.05, 0) is 39.3 Å². The van der Waals surface area contributed by atoms with Gasteiger partial charge in [-0.1, -0.05) is 13.8 Å². The van der Waals surface area contributed by atoms with Crippen molar-refractivity contribution >= 4 is 12.0 Å². The molecule has 2 amide bonds. The van der Waals surface area contributed by atoms with Crippen molar-refractivity contribution < 1.29 is 14.7 Å². The van der Waals surface area contributed by atoms with Gasteiger partial charge >= 0.3 is 12.0 Å². The van der Waals surface area contributed by atoms with Crippen molar-refractivity contribution in [1.29, 1.82) is 0 Å². The van der Waals surface area contributed by atoms with E-state index >= 15 is 0 Å². The van der Waals surface area contributed by atoms with Crippen LogP contribution < -0.4 is 5.32 Å². The summed E-state index contributed by atoms with van der Waals surface area (Å²) in [6.07, 6.45) is 2.19. The molecule has 1 aliphatic heterocycles. The SMILES string of the molecule is CC(C)CC(CN(C)C)NC(=O)N1CCC[C@@H]1C(=O)O. The predicted octanol–water partition coefficient (Wildman–Crippen LogP) is 1.22.